The molecule has 0 amide bonds. The van der Waals surface area contributed by atoms with Gasteiger partial charge in [-0.05, 0) is 25.0 Å². The molecule has 1 fully saturated rings. The zero-order chi connectivity index (χ0) is 15.6. The Kier molecular flexibility index (Phi) is 3.92. The molecule has 0 spiro atoms. The Bertz CT molecular complexity index is 792. The zero-order valence-corrected chi connectivity index (χ0v) is 13.7. The Morgan fingerprint density at radius 3 is 2.96 bits per heavy atom. The van der Waals surface area contributed by atoms with Gasteiger partial charge in [0.1, 0.15) is 12.4 Å². The molecule has 23 heavy (non-hydrogen) atoms. The Labute approximate surface area is 138 Å². The highest BCUT2D eigenvalue weighted by Gasteiger charge is 2.26. The summed E-state index contributed by atoms with van der Waals surface area (Å²) in [4.78, 5) is 6.84. The number of anilines is 1. The van der Waals surface area contributed by atoms with Crippen molar-refractivity contribution < 1.29 is 4.74 Å². The second-order valence-electron chi connectivity index (χ2n) is 5.67. The van der Waals surface area contributed by atoms with Crippen molar-refractivity contribution in [2.75, 3.05) is 25.1 Å². The summed E-state index contributed by atoms with van der Waals surface area (Å²) in [5, 5.41) is 9.65. The first kappa shape index (κ1) is 14.5. The Hall–Kier alpha value is -2.06. The maximum Gasteiger partial charge on any atom is 0.205 e. The maximum atomic E-state index is 5.08. The molecule has 1 aliphatic heterocycles. The fourth-order valence-electron chi connectivity index (χ4n) is 3.03. The number of piperidine rings is 1. The molecule has 3 aromatic rings. The molecule has 4 heterocycles. The SMILES string of the molecule is COCc1nsc(N2CCC(c3nnc4ccccn34)CC2)n1. The summed E-state index contributed by atoms with van der Waals surface area (Å²) in [5.74, 6) is 2.27. The first-order chi connectivity index (χ1) is 11.3. The van der Waals surface area contributed by atoms with Gasteiger partial charge in [0, 0.05) is 43.8 Å². The number of nitrogens with zero attached hydrogens (tertiary/aromatic N) is 6. The van der Waals surface area contributed by atoms with Crippen molar-refractivity contribution in [3.05, 3.63) is 36.0 Å². The van der Waals surface area contributed by atoms with Gasteiger partial charge in [0.2, 0.25) is 5.13 Å². The van der Waals surface area contributed by atoms with Gasteiger partial charge in [0.25, 0.3) is 0 Å². The number of ether oxygens (including phenoxy) is 1. The van der Waals surface area contributed by atoms with Crippen LogP contribution in [0, 0.1) is 0 Å². The van der Waals surface area contributed by atoms with Crippen LogP contribution in [0.3, 0.4) is 0 Å². The quantitative estimate of drug-likeness (QED) is 0.730. The molecule has 7 nitrogen and oxygen atoms in total. The van der Waals surface area contributed by atoms with E-state index in [9.17, 15) is 0 Å². The van der Waals surface area contributed by atoms with Crippen LogP contribution in [0.4, 0.5) is 5.13 Å². The van der Waals surface area contributed by atoms with Gasteiger partial charge in [0.15, 0.2) is 11.5 Å². The summed E-state index contributed by atoms with van der Waals surface area (Å²) in [6.07, 6.45) is 4.14. The van der Waals surface area contributed by atoms with Gasteiger partial charge >= 0.3 is 0 Å². The third kappa shape index (κ3) is 2.79. The van der Waals surface area contributed by atoms with E-state index in [1.807, 2.05) is 24.4 Å². The van der Waals surface area contributed by atoms with E-state index in [2.05, 4.69) is 28.9 Å². The van der Waals surface area contributed by atoms with Crippen LogP contribution in [0.25, 0.3) is 5.65 Å². The molecule has 1 saturated heterocycles. The van der Waals surface area contributed by atoms with E-state index in [-0.39, 0.29) is 0 Å². The molecular weight excluding hydrogens is 312 g/mol. The second kappa shape index (κ2) is 6.21. The summed E-state index contributed by atoms with van der Waals surface area (Å²) < 4.78 is 11.5. The molecule has 0 radical (unpaired) electrons. The number of fused-ring (bicyclic) bond motifs is 1. The lowest BCUT2D eigenvalue weighted by atomic mass is 9.96. The highest BCUT2D eigenvalue weighted by atomic mass is 32.1. The van der Waals surface area contributed by atoms with Crippen molar-refractivity contribution >= 4 is 22.3 Å². The van der Waals surface area contributed by atoms with E-state index in [0.717, 1.165) is 48.4 Å². The fourth-order valence-corrected chi connectivity index (χ4v) is 3.75. The molecule has 4 rings (SSSR count). The van der Waals surface area contributed by atoms with Gasteiger partial charge in [-0.3, -0.25) is 4.40 Å². The minimum atomic E-state index is 0.440. The lowest BCUT2D eigenvalue weighted by Gasteiger charge is -2.30. The van der Waals surface area contributed by atoms with E-state index in [0.29, 0.717) is 12.5 Å². The van der Waals surface area contributed by atoms with E-state index >= 15 is 0 Å². The molecular formula is C15H18N6OS. The predicted molar refractivity (Wildman–Crippen MR) is 87.8 cm³/mol. The Morgan fingerprint density at radius 2 is 2.13 bits per heavy atom. The van der Waals surface area contributed by atoms with E-state index in [1.54, 1.807) is 7.11 Å². The molecule has 0 unspecified atom stereocenters. The maximum absolute atomic E-state index is 5.08. The van der Waals surface area contributed by atoms with Crippen molar-refractivity contribution in [1.29, 1.82) is 0 Å². The monoisotopic (exact) mass is 330 g/mol. The van der Waals surface area contributed by atoms with Crippen LogP contribution in [0.15, 0.2) is 24.4 Å². The second-order valence-corrected chi connectivity index (χ2v) is 6.40. The van der Waals surface area contributed by atoms with Crippen LogP contribution in [0.1, 0.15) is 30.4 Å². The smallest absolute Gasteiger partial charge is 0.205 e. The van der Waals surface area contributed by atoms with E-state index in [1.165, 1.54) is 11.5 Å². The first-order valence-electron chi connectivity index (χ1n) is 7.71. The Morgan fingerprint density at radius 1 is 1.26 bits per heavy atom. The van der Waals surface area contributed by atoms with Crippen molar-refractivity contribution in [1.82, 2.24) is 24.0 Å². The molecule has 0 saturated carbocycles. The topological polar surface area (TPSA) is 68.4 Å². The molecule has 0 bridgehead atoms. The first-order valence-corrected chi connectivity index (χ1v) is 8.48. The lowest BCUT2D eigenvalue weighted by Crippen LogP contribution is -2.33. The van der Waals surface area contributed by atoms with Gasteiger partial charge in [-0.2, -0.15) is 4.37 Å². The molecule has 0 atom stereocenters. The summed E-state index contributed by atoms with van der Waals surface area (Å²) >= 11 is 1.45. The van der Waals surface area contributed by atoms with Crippen molar-refractivity contribution in [3.8, 4) is 0 Å². The number of methoxy groups -OCH3 is 1. The number of hydrogen-bond acceptors (Lipinski definition) is 7. The lowest BCUT2D eigenvalue weighted by molar-refractivity contribution is 0.179. The summed E-state index contributed by atoms with van der Waals surface area (Å²) in [7, 11) is 1.66. The zero-order valence-electron chi connectivity index (χ0n) is 12.9. The average Bonchev–Trinajstić information content (AvgIpc) is 3.22. The summed E-state index contributed by atoms with van der Waals surface area (Å²) in [6, 6.07) is 6.00. The van der Waals surface area contributed by atoms with Crippen molar-refractivity contribution in [2.45, 2.75) is 25.4 Å². The van der Waals surface area contributed by atoms with Crippen LogP contribution < -0.4 is 4.90 Å². The van der Waals surface area contributed by atoms with Crippen LogP contribution in [-0.4, -0.2) is 44.2 Å². The van der Waals surface area contributed by atoms with Crippen molar-refractivity contribution in [3.63, 3.8) is 0 Å². The number of hydrogen-bond donors (Lipinski definition) is 0. The van der Waals surface area contributed by atoms with E-state index < -0.39 is 0 Å². The molecule has 120 valence electrons. The molecule has 8 heteroatoms. The van der Waals surface area contributed by atoms with Gasteiger partial charge in [-0.1, -0.05) is 6.07 Å². The number of rotatable bonds is 4. The third-order valence-corrected chi connectivity index (χ3v) is 5.02. The molecule has 0 N–H and O–H groups in total. The minimum Gasteiger partial charge on any atom is -0.377 e. The van der Waals surface area contributed by atoms with Crippen LogP contribution in [0.5, 0.6) is 0 Å². The minimum absolute atomic E-state index is 0.440. The molecule has 3 aromatic heterocycles. The number of pyridine rings is 1. The van der Waals surface area contributed by atoms with Gasteiger partial charge in [0.05, 0.1) is 0 Å². The standard InChI is InChI=1S/C15H18N6OS/c1-22-10-12-16-15(23-19-12)20-8-5-11(6-9-20)14-18-17-13-4-2-3-7-21(13)14/h2-4,7,11H,5-6,8-10H2,1H3. The Balaban J connectivity index is 1.46. The highest BCUT2D eigenvalue weighted by molar-refractivity contribution is 7.09. The summed E-state index contributed by atoms with van der Waals surface area (Å²) in [6.45, 7) is 2.40. The molecule has 0 aliphatic carbocycles. The summed E-state index contributed by atoms with van der Waals surface area (Å²) in [5.41, 5.74) is 0.915. The number of aromatic nitrogens is 5. The molecule has 1 aliphatic rings. The van der Waals surface area contributed by atoms with Crippen LogP contribution in [-0.2, 0) is 11.3 Å². The van der Waals surface area contributed by atoms with Crippen molar-refractivity contribution in [2.24, 2.45) is 0 Å². The predicted octanol–water partition coefficient (Wildman–Crippen LogP) is 2.11. The molecule has 0 aromatic carbocycles. The van der Waals surface area contributed by atoms with Gasteiger partial charge in [-0.25, -0.2) is 4.98 Å². The largest absolute Gasteiger partial charge is 0.377 e. The third-order valence-electron chi connectivity index (χ3n) is 4.20. The van der Waals surface area contributed by atoms with E-state index in [4.69, 9.17) is 4.74 Å². The highest BCUT2D eigenvalue weighted by Crippen LogP contribution is 2.30. The average molecular weight is 330 g/mol. The van der Waals surface area contributed by atoms with Crippen LogP contribution in [0.2, 0.25) is 0 Å². The van der Waals surface area contributed by atoms with Gasteiger partial charge in [-0.15, -0.1) is 10.2 Å². The van der Waals surface area contributed by atoms with Gasteiger partial charge < -0.3 is 9.64 Å². The fraction of sp³-hybridized carbons (Fsp3) is 0.467. The van der Waals surface area contributed by atoms with Crippen LogP contribution >= 0.6 is 11.5 Å². The normalized spacial score (nSPS) is 16.3.